The van der Waals surface area contributed by atoms with Gasteiger partial charge in [0.05, 0.1) is 0 Å². The lowest BCUT2D eigenvalue weighted by molar-refractivity contribution is 0.233. The van der Waals surface area contributed by atoms with Crippen LogP contribution in [0.1, 0.15) is 45.2 Å². The predicted molar refractivity (Wildman–Crippen MR) is 90.5 cm³/mol. The Labute approximate surface area is 128 Å². The van der Waals surface area contributed by atoms with Crippen LogP contribution in [0.15, 0.2) is 42.5 Å². The van der Waals surface area contributed by atoms with Crippen molar-refractivity contribution in [2.75, 3.05) is 13.2 Å². The maximum Gasteiger partial charge on any atom is 0.0431 e. The van der Waals surface area contributed by atoms with E-state index < -0.39 is 0 Å². The lowest BCUT2D eigenvalue weighted by atomic mass is 9.87. The molecule has 0 radical (unpaired) electrons. The number of rotatable bonds is 7. The van der Waals surface area contributed by atoms with E-state index in [2.05, 4.69) is 68.6 Å². The Balaban J connectivity index is 2.07. The fraction of sp³-hybridized carbons (Fsp3) is 0.474. The van der Waals surface area contributed by atoms with Crippen molar-refractivity contribution in [1.29, 1.82) is 0 Å². The maximum absolute atomic E-state index is 8.98. The Bertz CT molecular complexity index is 571. The molecule has 2 N–H and O–H groups in total. The van der Waals surface area contributed by atoms with Crippen molar-refractivity contribution >= 4 is 10.8 Å². The number of aliphatic hydroxyl groups excluding tert-OH is 1. The van der Waals surface area contributed by atoms with E-state index in [1.54, 1.807) is 0 Å². The minimum absolute atomic E-state index is 0.210. The van der Waals surface area contributed by atoms with Crippen LogP contribution >= 0.6 is 0 Å². The van der Waals surface area contributed by atoms with Crippen LogP contribution in [0.3, 0.4) is 0 Å². The zero-order valence-electron chi connectivity index (χ0n) is 13.4. The van der Waals surface area contributed by atoms with Crippen molar-refractivity contribution in [3.63, 3.8) is 0 Å². The summed E-state index contributed by atoms with van der Waals surface area (Å²) in [6.45, 7) is 7.97. The number of benzene rings is 2. The van der Waals surface area contributed by atoms with Gasteiger partial charge in [-0.3, -0.25) is 0 Å². The van der Waals surface area contributed by atoms with Gasteiger partial charge < -0.3 is 10.4 Å². The molecule has 0 heterocycles. The van der Waals surface area contributed by atoms with Crippen molar-refractivity contribution in [3.05, 3.63) is 48.0 Å². The van der Waals surface area contributed by atoms with Crippen molar-refractivity contribution in [3.8, 4) is 0 Å². The summed E-state index contributed by atoms with van der Waals surface area (Å²) in [7, 11) is 0. The number of aliphatic hydroxyl groups is 1. The lowest BCUT2D eigenvalue weighted by Crippen LogP contribution is -2.31. The quantitative estimate of drug-likeness (QED) is 0.795. The Morgan fingerprint density at radius 3 is 2.57 bits per heavy atom. The summed E-state index contributed by atoms with van der Waals surface area (Å²) in [5.74, 6) is 0. The normalized spacial score (nSPS) is 13.5. The van der Waals surface area contributed by atoms with Gasteiger partial charge in [-0.25, -0.2) is 0 Å². The minimum Gasteiger partial charge on any atom is -0.396 e. The third-order valence-electron chi connectivity index (χ3n) is 4.19. The standard InChI is InChI=1S/C19H27NO/c1-15(20-14-19(2,3)12-7-13-21)17-11-6-9-16-8-4-5-10-18(16)17/h4-6,8-11,15,20-21H,7,12-14H2,1-3H3. The fourth-order valence-corrected chi connectivity index (χ4v) is 2.81. The summed E-state index contributed by atoms with van der Waals surface area (Å²) in [5, 5.41) is 15.3. The summed E-state index contributed by atoms with van der Waals surface area (Å²) in [6.07, 6.45) is 1.91. The molecule has 1 unspecified atom stereocenters. The SMILES string of the molecule is CC(NCC(C)(C)CCCO)c1cccc2ccccc12. The highest BCUT2D eigenvalue weighted by atomic mass is 16.2. The summed E-state index contributed by atoms with van der Waals surface area (Å²) < 4.78 is 0. The number of hydrogen-bond donors (Lipinski definition) is 2. The Morgan fingerprint density at radius 2 is 1.81 bits per heavy atom. The summed E-state index contributed by atoms with van der Waals surface area (Å²) in [4.78, 5) is 0. The van der Waals surface area contributed by atoms with Gasteiger partial charge in [0.15, 0.2) is 0 Å². The largest absolute Gasteiger partial charge is 0.396 e. The molecule has 0 aliphatic rings. The van der Waals surface area contributed by atoms with E-state index >= 15 is 0 Å². The summed E-state index contributed by atoms with van der Waals surface area (Å²) >= 11 is 0. The first-order valence-electron chi connectivity index (χ1n) is 7.85. The predicted octanol–water partition coefficient (Wildman–Crippen LogP) is 4.29. The van der Waals surface area contributed by atoms with Gasteiger partial charge in [-0.05, 0) is 41.5 Å². The van der Waals surface area contributed by atoms with E-state index in [1.165, 1.54) is 16.3 Å². The van der Waals surface area contributed by atoms with Gasteiger partial charge in [-0.1, -0.05) is 56.3 Å². The van der Waals surface area contributed by atoms with Crippen LogP contribution in [0.25, 0.3) is 10.8 Å². The van der Waals surface area contributed by atoms with Crippen LogP contribution in [0.5, 0.6) is 0 Å². The van der Waals surface area contributed by atoms with Crippen LogP contribution in [0.2, 0.25) is 0 Å². The molecule has 0 bridgehead atoms. The first-order chi connectivity index (χ1) is 10.0. The molecular weight excluding hydrogens is 258 g/mol. The zero-order chi connectivity index (χ0) is 15.3. The summed E-state index contributed by atoms with van der Waals surface area (Å²) in [6, 6.07) is 15.4. The van der Waals surface area contributed by atoms with Crippen LogP contribution in [-0.2, 0) is 0 Å². The Kier molecular flexibility index (Phi) is 5.38. The molecule has 0 saturated carbocycles. The maximum atomic E-state index is 8.98. The van der Waals surface area contributed by atoms with E-state index in [4.69, 9.17) is 5.11 Å². The number of nitrogens with one attached hydrogen (secondary N) is 1. The molecule has 2 nitrogen and oxygen atoms in total. The third-order valence-corrected chi connectivity index (χ3v) is 4.19. The second-order valence-corrected chi connectivity index (χ2v) is 6.66. The topological polar surface area (TPSA) is 32.3 Å². The molecule has 2 aromatic carbocycles. The summed E-state index contributed by atoms with van der Waals surface area (Å²) in [5.41, 5.74) is 1.56. The molecule has 0 fully saturated rings. The smallest absolute Gasteiger partial charge is 0.0431 e. The molecule has 0 aromatic heterocycles. The lowest BCUT2D eigenvalue weighted by Gasteiger charge is -2.27. The number of hydrogen-bond acceptors (Lipinski definition) is 2. The second kappa shape index (κ2) is 7.06. The van der Waals surface area contributed by atoms with E-state index in [9.17, 15) is 0 Å². The minimum atomic E-state index is 0.210. The molecule has 0 amide bonds. The van der Waals surface area contributed by atoms with E-state index in [0.29, 0.717) is 6.04 Å². The molecule has 0 aliphatic heterocycles. The average molecular weight is 285 g/mol. The molecular formula is C19H27NO. The van der Waals surface area contributed by atoms with E-state index in [-0.39, 0.29) is 12.0 Å². The van der Waals surface area contributed by atoms with Crippen molar-refractivity contribution < 1.29 is 5.11 Å². The second-order valence-electron chi connectivity index (χ2n) is 6.66. The third kappa shape index (κ3) is 4.29. The van der Waals surface area contributed by atoms with Gasteiger partial charge in [-0.2, -0.15) is 0 Å². The molecule has 1 atom stereocenters. The van der Waals surface area contributed by atoms with Gasteiger partial charge in [-0.15, -0.1) is 0 Å². The van der Waals surface area contributed by atoms with Gasteiger partial charge in [0, 0.05) is 19.2 Å². The van der Waals surface area contributed by atoms with Crippen LogP contribution < -0.4 is 5.32 Å². The Morgan fingerprint density at radius 1 is 1.10 bits per heavy atom. The zero-order valence-corrected chi connectivity index (χ0v) is 13.4. The highest BCUT2D eigenvalue weighted by molar-refractivity contribution is 5.86. The van der Waals surface area contributed by atoms with Gasteiger partial charge in [0.1, 0.15) is 0 Å². The first-order valence-corrected chi connectivity index (χ1v) is 7.85. The van der Waals surface area contributed by atoms with E-state index in [1.807, 2.05) is 0 Å². The molecule has 2 aromatic rings. The van der Waals surface area contributed by atoms with Gasteiger partial charge in [0.25, 0.3) is 0 Å². The van der Waals surface area contributed by atoms with Crippen LogP contribution in [0.4, 0.5) is 0 Å². The van der Waals surface area contributed by atoms with Crippen molar-refractivity contribution in [1.82, 2.24) is 5.32 Å². The number of fused-ring (bicyclic) bond motifs is 1. The van der Waals surface area contributed by atoms with Crippen molar-refractivity contribution in [2.24, 2.45) is 5.41 Å². The van der Waals surface area contributed by atoms with Gasteiger partial charge in [0.2, 0.25) is 0 Å². The fourth-order valence-electron chi connectivity index (χ4n) is 2.81. The molecule has 0 spiro atoms. The average Bonchev–Trinajstić information content (AvgIpc) is 2.50. The molecule has 0 aliphatic carbocycles. The highest BCUT2D eigenvalue weighted by Crippen LogP contribution is 2.26. The first kappa shape index (κ1) is 16.0. The van der Waals surface area contributed by atoms with Crippen LogP contribution in [-0.4, -0.2) is 18.3 Å². The van der Waals surface area contributed by atoms with Crippen molar-refractivity contribution in [2.45, 2.75) is 39.7 Å². The Hall–Kier alpha value is -1.38. The highest BCUT2D eigenvalue weighted by Gasteiger charge is 2.19. The van der Waals surface area contributed by atoms with Gasteiger partial charge >= 0.3 is 0 Å². The van der Waals surface area contributed by atoms with E-state index in [0.717, 1.165) is 19.4 Å². The monoisotopic (exact) mass is 285 g/mol. The molecule has 114 valence electrons. The molecule has 21 heavy (non-hydrogen) atoms. The molecule has 0 saturated heterocycles. The van der Waals surface area contributed by atoms with Crippen LogP contribution in [0, 0.1) is 5.41 Å². The molecule has 2 heteroatoms. The molecule has 2 rings (SSSR count).